The van der Waals surface area contributed by atoms with Crippen molar-refractivity contribution in [1.82, 2.24) is 15.3 Å². The molecule has 4 rings (SSSR count). The molecule has 0 spiro atoms. The normalized spacial score (nSPS) is 17.2. The second-order valence-electron chi connectivity index (χ2n) is 8.29. The zero-order valence-electron chi connectivity index (χ0n) is 17.4. The highest BCUT2D eigenvalue weighted by Gasteiger charge is 2.24. The molecule has 154 valence electrons. The van der Waals surface area contributed by atoms with E-state index in [-0.39, 0.29) is 5.91 Å². The van der Waals surface area contributed by atoms with Crippen molar-refractivity contribution in [1.29, 1.82) is 0 Å². The summed E-state index contributed by atoms with van der Waals surface area (Å²) in [5.74, 6) is 1.80. The van der Waals surface area contributed by atoms with E-state index in [0.29, 0.717) is 12.1 Å². The largest absolute Gasteiger partial charge is 0.357 e. The average Bonchev–Trinajstić information content (AvgIpc) is 3.56. The molecule has 6 heteroatoms. The quantitative estimate of drug-likeness (QED) is 0.528. The van der Waals surface area contributed by atoms with Gasteiger partial charge in [0.05, 0.1) is 0 Å². The lowest BCUT2D eigenvalue weighted by Gasteiger charge is -2.32. The number of carbonyl (C=O) groups excluding carboxylic acids is 1. The summed E-state index contributed by atoms with van der Waals surface area (Å²) in [7, 11) is 2.16. The summed E-state index contributed by atoms with van der Waals surface area (Å²) in [6.45, 7) is 2.03. The molecular weight excluding hydrogens is 380 g/mol. The second kappa shape index (κ2) is 9.16. The van der Waals surface area contributed by atoms with Crippen molar-refractivity contribution < 1.29 is 4.79 Å². The lowest BCUT2D eigenvalue weighted by atomic mass is 9.94. The Balaban J connectivity index is 1.41. The van der Waals surface area contributed by atoms with E-state index in [0.717, 1.165) is 46.4 Å². The van der Waals surface area contributed by atoms with Gasteiger partial charge in [0.2, 0.25) is 0 Å². The molecule has 5 nitrogen and oxygen atoms in total. The van der Waals surface area contributed by atoms with Crippen LogP contribution in [0.4, 0.5) is 5.82 Å². The van der Waals surface area contributed by atoms with E-state index in [1.807, 2.05) is 25.1 Å². The van der Waals surface area contributed by atoms with Crippen molar-refractivity contribution in [3.05, 3.63) is 47.2 Å². The summed E-state index contributed by atoms with van der Waals surface area (Å²) in [5, 5.41) is 3.86. The van der Waals surface area contributed by atoms with Crippen LogP contribution < -0.4 is 10.2 Å². The third-order valence-electron chi connectivity index (χ3n) is 5.77. The number of rotatable bonds is 7. The first kappa shape index (κ1) is 20.2. The number of nitrogens with zero attached hydrogens (tertiary/aromatic N) is 3. The molecule has 0 radical (unpaired) electrons. The first-order valence-electron chi connectivity index (χ1n) is 10.7. The van der Waals surface area contributed by atoms with Gasteiger partial charge in [-0.25, -0.2) is 9.97 Å². The van der Waals surface area contributed by atoms with Crippen LogP contribution in [0.25, 0.3) is 0 Å². The van der Waals surface area contributed by atoms with Crippen molar-refractivity contribution in [2.75, 3.05) is 11.9 Å². The number of thioether (sulfide) groups is 1. The molecule has 2 fully saturated rings. The van der Waals surface area contributed by atoms with Crippen LogP contribution in [0.15, 0.2) is 35.5 Å². The van der Waals surface area contributed by atoms with Crippen molar-refractivity contribution in [3.8, 4) is 0 Å². The molecule has 1 aromatic heterocycles. The van der Waals surface area contributed by atoms with Gasteiger partial charge in [-0.2, -0.15) is 0 Å². The SMILES string of the molecule is Cc1cc(N(C)C2CCCCC2)nc(SCc2cccc(C(=O)NC3CC3)c2)n1. The van der Waals surface area contributed by atoms with Gasteiger partial charge in [0, 0.05) is 42.2 Å². The monoisotopic (exact) mass is 410 g/mol. The van der Waals surface area contributed by atoms with E-state index >= 15 is 0 Å². The minimum absolute atomic E-state index is 0.0301. The van der Waals surface area contributed by atoms with Crippen molar-refractivity contribution in [2.45, 2.75) is 74.9 Å². The van der Waals surface area contributed by atoms with Crippen LogP contribution in [-0.2, 0) is 5.75 Å². The molecule has 2 aliphatic rings. The Bertz CT molecular complexity index is 862. The minimum Gasteiger partial charge on any atom is -0.357 e. The first-order chi connectivity index (χ1) is 14.1. The Labute approximate surface area is 177 Å². The van der Waals surface area contributed by atoms with Crippen LogP contribution in [0.2, 0.25) is 0 Å². The maximum atomic E-state index is 12.3. The van der Waals surface area contributed by atoms with E-state index in [9.17, 15) is 4.79 Å². The highest BCUT2D eigenvalue weighted by molar-refractivity contribution is 7.98. The number of hydrogen-bond donors (Lipinski definition) is 1. The molecule has 0 bridgehead atoms. The molecule has 0 aliphatic heterocycles. The van der Waals surface area contributed by atoms with Gasteiger partial charge in [0.1, 0.15) is 5.82 Å². The fourth-order valence-corrected chi connectivity index (χ4v) is 4.71. The topological polar surface area (TPSA) is 58.1 Å². The summed E-state index contributed by atoms with van der Waals surface area (Å²) in [4.78, 5) is 24.1. The van der Waals surface area contributed by atoms with Gasteiger partial charge in [-0.3, -0.25) is 4.79 Å². The predicted octanol–water partition coefficient (Wildman–Crippen LogP) is 4.74. The van der Waals surface area contributed by atoms with Crippen LogP contribution in [-0.4, -0.2) is 35.0 Å². The number of benzene rings is 1. The zero-order valence-corrected chi connectivity index (χ0v) is 18.2. The van der Waals surface area contributed by atoms with Gasteiger partial charge in [0.25, 0.3) is 5.91 Å². The molecule has 0 saturated heterocycles. The Morgan fingerprint density at radius 3 is 2.69 bits per heavy atom. The van der Waals surface area contributed by atoms with Crippen LogP contribution in [0.3, 0.4) is 0 Å². The number of anilines is 1. The van der Waals surface area contributed by atoms with Crippen LogP contribution in [0.1, 0.15) is 66.6 Å². The van der Waals surface area contributed by atoms with Crippen LogP contribution in [0.5, 0.6) is 0 Å². The summed E-state index contributed by atoms with van der Waals surface area (Å²) in [5.41, 5.74) is 2.85. The van der Waals surface area contributed by atoms with Gasteiger partial charge in [-0.05, 0) is 50.3 Å². The van der Waals surface area contributed by atoms with Crippen molar-refractivity contribution in [3.63, 3.8) is 0 Å². The lowest BCUT2D eigenvalue weighted by molar-refractivity contribution is 0.0951. The number of aromatic nitrogens is 2. The molecule has 2 aliphatic carbocycles. The molecule has 2 aromatic rings. The van der Waals surface area contributed by atoms with E-state index in [2.05, 4.69) is 34.4 Å². The third kappa shape index (κ3) is 5.50. The predicted molar refractivity (Wildman–Crippen MR) is 119 cm³/mol. The fraction of sp³-hybridized carbons (Fsp3) is 0.522. The highest BCUT2D eigenvalue weighted by Crippen LogP contribution is 2.28. The van der Waals surface area contributed by atoms with E-state index < -0.39 is 0 Å². The number of aryl methyl sites for hydroxylation is 1. The Hall–Kier alpha value is -2.08. The highest BCUT2D eigenvalue weighted by atomic mass is 32.2. The van der Waals surface area contributed by atoms with Gasteiger partial charge in [-0.15, -0.1) is 0 Å². The van der Waals surface area contributed by atoms with Crippen LogP contribution >= 0.6 is 11.8 Å². The Kier molecular flexibility index (Phi) is 6.38. The van der Waals surface area contributed by atoms with E-state index in [1.165, 1.54) is 32.1 Å². The molecule has 0 unspecified atom stereocenters. The maximum Gasteiger partial charge on any atom is 0.251 e. The molecular formula is C23H30N4OS. The molecule has 29 heavy (non-hydrogen) atoms. The molecule has 1 aromatic carbocycles. The molecule has 1 heterocycles. The molecule has 2 saturated carbocycles. The Morgan fingerprint density at radius 1 is 1.14 bits per heavy atom. The van der Waals surface area contributed by atoms with Gasteiger partial charge in [-0.1, -0.05) is 43.2 Å². The standard InChI is InChI=1S/C23H30N4OS/c1-16-13-21(27(2)20-9-4-3-5-10-20)26-23(24-16)29-15-17-7-6-8-18(14-17)22(28)25-19-11-12-19/h6-8,13-14,19-20H,3-5,9-12,15H2,1-2H3,(H,25,28). The van der Waals surface area contributed by atoms with Crippen molar-refractivity contribution in [2.24, 2.45) is 0 Å². The summed E-state index contributed by atoms with van der Waals surface area (Å²) in [6, 6.07) is 10.9. The number of hydrogen-bond acceptors (Lipinski definition) is 5. The van der Waals surface area contributed by atoms with Gasteiger partial charge in [0.15, 0.2) is 5.16 Å². The minimum atomic E-state index is 0.0301. The van der Waals surface area contributed by atoms with Crippen molar-refractivity contribution >= 4 is 23.5 Å². The summed E-state index contributed by atoms with van der Waals surface area (Å²) >= 11 is 1.63. The van der Waals surface area contributed by atoms with E-state index in [1.54, 1.807) is 11.8 Å². The van der Waals surface area contributed by atoms with E-state index in [4.69, 9.17) is 4.98 Å². The average molecular weight is 411 g/mol. The maximum absolute atomic E-state index is 12.3. The molecule has 1 amide bonds. The lowest BCUT2D eigenvalue weighted by Crippen LogP contribution is -2.34. The van der Waals surface area contributed by atoms with Crippen LogP contribution in [0, 0.1) is 6.92 Å². The second-order valence-corrected chi connectivity index (χ2v) is 9.23. The smallest absolute Gasteiger partial charge is 0.251 e. The number of carbonyl (C=O) groups is 1. The third-order valence-corrected chi connectivity index (χ3v) is 6.69. The van der Waals surface area contributed by atoms with Gasteiger partial charge < -0.3 is 10.2 Å². The molecule has 1 N–H and O–H groups in total. The fourth-order valence-electron chi connectivity index (χ4n) is 3.87. The summed E-state index contributed by atoms with van der Waals surface area (Å²) < 4.78 is 0. The van der Waals surface area contributed by atoms with Gasteiger partial charge >= 0.3 is 0 Å². The molecule has 0 atom stereocenters. The zero-order chi connectivity index (χ0) is 20.2. The number of nitrogens with one attached hydrogen (secondary N) is 1. The summed E-state index contributed by atoms with van der Waals surface area (Å²) in [6.07, 6.45) is 8.67. The first-order valence-corrected chi connectivity index (χ1v) is 11.7. The Morgan fingerprint density at radius 2 is 1.93 bits per heavy atom. The number of amides is 1.